The van der Waals surface area contributed by atoms with Gasteiger partial charge in [-0.1, -0.05) is 0 Å². The molecule has 0 radical (unpaired) electrons. The van der Waals surface area contributed by atoms with Gasteiger partial charge in [-0.3, -0.25) is 0 Å². The monoisotopic (exact) mass is 804 g/mol. The second-order valence-electron chi connectivity index (χ2n) is 8.98. The summed E-state index contributed by atoms with van der Waals surface area (Å²) in [5, 5.41) is 0. The summed E-state index contributed by atoms with van der Waals surface area (Å²) in [4.78, 5) is 0. The number of hydrogen-bond donors (Lipinski definition) is 0. The third-order valence-corrected chi connectivity index (χ3v) is 24.7. The second kappa shape index (κ2) is 13.2. The molecular formula is C28H38Cl2Hf2. The summed E-state index contributed by atoms with van der Waals surface area (Å²) >= 11 is -3.64. The Morgan fingerprint density at radius 1 is 0.594 bits per heavy atom. The van der Waals surface area contributed by atoms with Crippen LogP contribution in [0.15, 0.2) is 83.2 Å². The number of rotatable bonds is 4. The van der Waals surface area contributed by atoms with Crippen LogP contribution in [-0.2, 0) is 41.9 Å². The van der Waals surface area contributed by atoms with E-state index in [0.29, 0.717) is 0 Å². The summed E-state index contributed by atoms with van der Waals surface area (Å²) in [6.45, 7) is 13.6. The Morgan fingerprint density at radius 3 is 1.16 bits per heavy atom. The average Bonchev–Trinajstić information content (AvgIpc) is 3.52. The van der Waals surface area contributed by atoms with Crippen molar-refractivity contribution in [3.63, 3.8) is 0 Å². The van der Waals surface area contributed by atoms with E-state index < -0.39 is 41.9 Å². The van der Waals surface area contributed by atoms with E-state index in [2.05, 4.69) is 86.5 Å². The van der Waals surface area contributed by atoms with Crippen molar-refractivity contribution < 1.29 is 41.9 Å². The van der Waals surface area contributed by atoms with E-state index in [1.165, 1.54) is 36.8 Å². The molecule has 0 saturated carbocycles. The molecule has 0 atom stereocenters. The van der Waals surface area contributed by atoms with Crippen LogP contribution in [0, 0.1) is 0 Å². The fraction of sp³-hybridized carbons (Fsp3) is 0.357. The van der Waals surface area contributed by atoms with Gasteiger partial charge in [-0.25, -0.2) is 0 Å². The fourth-order valence-electron chi connectivity index (χ4n) is 4.55. The molecule has 0 aromatic rings. The van der Waals surface area contributed by atoms with Gasteiger partial charge in [-0.15, -0.1) is 24.8 Å². The van der Waals surface area contributed by atoms with Gasteiger partial charge < -0.3 is 0 Å². The molecule has 0 N–H and O–H groups in total. The Bertz CT molecular complexity index is 981. The summed E-state index contributed by atoms with van der Waals surface area (Å²) in [6, 6.07) is 0. The first-order valence-corrected chi connectivity index (χ1v) is 23.3. The van der Waals surface area contributed by atoms with E-state index in [4.69, 9.17) is 0 Å². The van der Waals surface area contributed by atoms with Crippen LogP contribution < -0.4 is 0 Å². The third-order valence-electron chi connectivity index (χ3n) is 7.24. The van der Waals surface area contributed by atoms with Crippen LogP contribution >= 0.6 is 24.8 Å². The number of halogens is 2. The van der Waals surface area contributed by atoms with Gasteiger partial charge in [0.25, 0.3) is 0 Å². The molecule has 172 valence electrons. The van der Waals surface area contributed by atoms with Crippen LogP contribution in [0.5, 0.6) is 0 Å². The maximum atomic E-state index is 4.54. The van der Waals surface area contributed by atoms with Crippen molar-refractivity contribution in [1.82, 2.24) is 0 Å². The van der Waals surface area contributed by atoms with Crippen LogP contribution in [-0.4, -0.2) is 8.52 Å². The standard InChI is InChI=1S/2C8H11.2C5H5.2CH2.2ClH.2Hf/c2*1-6-4-5-7(2)8(6)3;2*1-2-4-5-3-1;;;;;;/h2*4H2,1-3H3;2*1-3H,4H2;2*1H2;2*1H;;. The Kier molecular flexibility index (Phi) is 12.4. The first-order valence-electron chi connectivity index (χ1n) is 11.1. The van der Waals surface area contributed by atoms with E-state index in [-0.39, 0.29) is 24.8 Å². The van der Waals surface area contributed by atoms with Crippen LogP contribution in [0.1, 0.15) is 67.2 Å². The van der Waals surface area contributed by atoms with Crippen molar-refractivity contribution in [3.8, 4) is 0 Å². The minimum atomic E-state index is -1.82. The Balaban J connectivity index is 0.000000301. The van der Waals surface area contributed by atoms with E-state index in [9.17, 15) is 0 Å². The van der Waals surface area contributed by atoms with Crippen molar-refractivity contribution in [1.29, 1.82) is 0 Å². The number of hydrogen-bond acceptors (Lipinski definition) is 0. The first kappa shape index (κ1) is 30.0. The molecule has 32 heavy (non-hydrogen) atoms. The van der Waals surface area contributed by atoms with Crippen molar-refractivity contribution in [2.75, 3.05) is 0 Å². The number of allylic oxidation sites excluding steroid dienone is 16. The van der Waals surface area contributed by atoms with Gasteiger partial charge >= 0.3 is 201 Å². The molecule has 0 heterocycles. The first-order chi connectivity index (χ1) is 14.2. The van der Waals surface area contributed by atoms with Gasteiger partial charge in [-0.2, -0.15) is 0 Å². The van der Waals surface area contributed by atoms with Crippen molar-refractivity contribution >= 4 is 33.3 Å². The predicted octanol–water partition coefficient (Wildman–Crippen LogP) is 8.63. The summed E-state index contributed by atoms with van der Waals surface area (Å²) in [6.07, 6.45) is 18.4. The molecule has 4 aliphatic carbocycles. The maximum absolute atomic E-state index is 4.54. The summed E-state index contributed by atoms with van der Waals surface area (Å²) in [7, 11) is 0. The fourth-order valence-corrected chi connectivity index (χ4v) is 20.1. The summed E-state index contributed by atoms with van der Waals surface area (Å²) in [5.41, 5.74) is 9.33. The van der Waals surface area contributed by atoms with Crippen molar-refractivity contribution in [2.24, 2.45) is 0 Å². The normalized spacial score (nSPS) is 19.1. The Morgan fingerprint density at radius 2 is 0.938 bits per heavy atom. The van der Waals surface area contributed by atoms with Crippen LogP contribution in [0.3, 0.4) is 0 Å². The molecule has 0 spiro atoms. The molecule has 4 rings (SSSR count). The van der Waals surface area contributed by atoms with Gasteiger partial charge in [-0.05, 0) is 0 Å². The molecular weight excluding hydrogens is 764 g/mol. The van der Waals surface area contributed by atoms with Crippen molar-refractivity contribution in [3.05, 3.63) is 83.2 Å². The molecule has 4 aliphatic rings. The van der Waals surface area contributed by atoms with Gasteiger partial charge in [0.2, 0.25) is 0 Å². The SMILES string of the molecule is Cl.Cl.[CH2]=[Hf]([C]1=CC=CC1)[C]1=C(C)C(C)=C(C)C1.[CH2]=[Hf]([C]1=CC=CC1)[C]1=C(C)C(C)=C(C)C1. The van der Waals surface area contributed by atoms with Crippen LogP contribution in [0.4, 0.5) is 0 Å². The minimum absolute atomic E-state index is 0. The molecule has 0 aliphatic heterocycles. The molecule has 0 unspecified atom stereocenters. The van der Waals surface area contributed by atoms with Crippen molar-refractivity contribution in [2.45, 2.75) is 67.2 Å². The topological polar surface area (TPSA) is 0 Å². The van der Waals surface area contributed by atoms with Crippen LogP contribution in [0.2, 0.25) is 0 Å². The summed E-state index contributed by atoms with van der Waals surface area (Å²) in [5.74, 6) is 0. The second-order valence-corrected chi connectivity index (χ2v) is 24.8. The zero-order valence-corrected chi connectivity index (χ0v) is 29.3. The van der Waals surface area contributed by atoms with Crippen LogP contribution in [0.25, 0.3) is 0 Å². The Hall–Kier alpha value is -0.0197. The van der Waals surface area contributed by atoms with E-state index >= 15 is 0 Å². The molecule has 0 saturated heterocycles. The molecule has 0 aromatic heterocycles. The van der Waals surface area contributed by atoms with Gasteiger partial charge in [0.1, 0.15) is 0 Å². The zero-order chi connectivity index (χ0) is 22.0. The summed E-state index contributed by atoms with van der Waals surface area (Å²) < 4.78 is 15.9. The van der Waals surface area contributed by atoms with E-state index in [1.54, 1.807) is 35.6 Å². The zero-order valence-electron chi connectivity index (χ0n) is 20.5. The van der Waals surface area contributed by atoms with E-state index in [1.807, 2.05) is 0 Å². The quantitative estimate of drug-likeness (QED) is 0.250. The predicted molar refractivity (Wildman–Crippen MR) is 144 cm³/mol. The molecule has 0 aromatic carbocycles. The molecule has 0 nitrogen and oxygen atoms in total. The van der Waals surface area contributed by atoms with Gasteiger partial charge in [0.05, 0.1) is 0 Å². The third kappa shape index (κ3) is 6.55. The Labute approximate surface area is 223 Å². The molecule has 0 fully saturated rings. The van der Waals surface area contributed by atoms with E-state index in [0.717, 1.165) is 0 Å². The van der Waals surface area contributed by atoms with Gasteiger partial charge in [0.15, 0.2) is 0 Å². The molecule has 0 amide bonds. The molecule has 4 heteroatoms. The molecule has 0 bridgehead atoms. The average molecular weight is 802 g/mol. The van der Waals surface area contributed by atoms with Gasteiger partial charge in [0, 0.05) is 0 Å².